The molecule has 0 aliphatic carbocycles. The van der Waals surface area contributed by atoms with Gasteiger partial charge in [-0.05, 0) is 32.9 Å². The molecule has 0 radical (unpaired) electrons. The van der Waals surface area contributed by atoms with Crippen molar-refractivity contribution in [1.82, 2.24) is 4.98 Å². The number of azide groups is 2. The second kappa shape index (κ2) is 5.57. The molecule has 2 rings (SSSR count). The molecule has 0 aliphatic rings. The molecule has 0 spiro atoms. The second-order valence-corrected chi connectivity index (χ2v) is 3.78. The number of hydrogen-bond acceptors (Lipinski definition) is 2. The van der Waals surface area contributed by atoms with E-state index in [0.717, 1.165) is 0 Å². The molecule has 1 aromatic carbocycles. The van der Waals surface area contributed by atoms with Crippen LogP contribution in [0, 0.1) is 0 Å². The molecular formula is C11H7N7O2. The highest BCUT2D eigenvalue weighted by atomic mass is 16.2. The van der Waals surface area contributed by atoms with Crippen molar-refractivity contribution in [1.29, 1.82) is 0 Å². The summed E-state index contributed by atoms with van der Waals surface area (Å²) >= 11 is 0. The van der Waals surface area contributed by atoms with Gasteiger partial charge in [-0.2, -0.15) is 0 Å². The minimum atomic E-state index is -0.826. The summed E-state index contributed by atoms with van der Waals surface area (Å²) in [5.74, 6) is -1.56. The van der Waals surface area contributed by atoms with Gasteiger partial charge in [-0.1, -0.05) is 18.2 Å². The summed E-state index contributed by atoms with van der Waals surface area (Å²) < 4.78 is 0. The molecule has 0 aliphatic heterocycles. The molecule has 0 fully saturated rings. The van der Waals surface area contributed by atoms with Crippen molar-refractivity contribution in [3.05, 3.63) is 56.4 Å². The first kappa shape index (κ1) is 13.2. The van der Waals surface area contributed by atoms with Crippen LogP contribution in [-0.2, 0) is 11.2 Å². The normalized spacial score (nSPS) is 9.60. The maximum absolute atomic E-state index is 11.7. The van der Waals surface area contributed by atoms with E-state index in [1.165, 1.54) is 0 Å². The van der Waals surface area contributed by atoms with Crippen LogP contribution in [0.15, 0.2) is 34.5 Å². The molecular weight excluding hydrogens is 262 g/mol. The number of H-pyrrole nitrogens is 1. The smallest absolute Gasteiger partial charge is 0.265 e. The Bertz CT molecular complexity index is 794. The van der Waals surface area contributed by atoms with Gasteiger partial charge < -0.3 is 4.98 Å². The summed E-state index contributed by atoms with van der Waals surface area (Å²) in [6.07, 6.45) is -0.254. The molecule has 0 unspecified atom stereocenters. The van der Waals surface area contributed by atoms with E-state index in [-0.39, 0.29) is 12.1 Å². The number of benzene rings is 1. The topological polar surface area (TPSA) is 147 Å². The van der Waals surface area contributed by atoms with Gasteiger partial charge in [0.15, 0.2) is 0 Å². The van der Waals surface area contributed by atoms with E-state index in [2.05, 4.69) is 25.0 Å². The fourth-order valence-electron chi connectivity index (χ4n) is 1.89. The Balaban J connectivity index is 2.61. The average Bonchev–Trinajstić information content (AvgIpc) is 2.78. The van der Waals surface area contributed by atoms with E-state index in [9.17, 15) is 9.59 Å². The van der Waals surface area contributed by atoms with Crippen LogP contribution in [0.25, 0.3) is 31.8 Å². The highest BCUT2D eigenvalue weighted by Gasteiger charge is 2.18. The van der Waals surface area contributed by atoms with Gasteiger partial charge in [0.05, 0.1) is 5.69 Å². The predicted octanol–water partition coefficient (Wildman–Crippen LogP) is 3.00. The quantitative estimate of drug-likeness (QED) is 0.518. The standard InChI is InChI=1S/C11H7N7O2/c12-17-15-9(19)5-7-6-3-1-2-4-8(6)14-10(7)11(20)16-18-13/h1-4,14H,5H2. The van der Waals surface area contributed by atoms with Crippen molar-refractivity contribution < 1.29 is 9.59 Å². The molecule has 98 valence electrons. The van der Waals surface area contributed by atoms with Crippen LogP contribution < -0.4 is 0 Å². The third kappa shape index (κ3) is 2.44. The number of hydrogen-bond donors (Lipinski definition) is 1. The second-order valence-electron chi connectivity index (χ2n) is 3.78. The van der Waals surface area contributed by atoms with E-state index < -0.39 is 11.8 Å². The van der Waals surface area contributed by atoms with Crippen LogP contribution in [-0.4, -0.2) is 16.8 Å². The summed E-state index contributed by atoms with van der Waals surface area (Å²) in [6, 6.07) is 6.90. The monoisotopic (exact) mass is 269 g/mol. The van der Waals surface area contributed by atoms with Crippen LogP contribution in [0.1, 0.15) is 16.1 Å². The third-order valence-electron chi connectivity index (χ3n) is 2.65. The Kier molecular flexibility index (Phi) is 3.67. The van der Waals surface area contributed by atoms with Gasteiger partial charge >= 0.3 is 0 Å². The SMILES string of the molecule is [N-]=[N+]=NC(=O)Cc1c(C(=O)N=[N+]=[N-])[nH]c2ccccc12. The number of carbonyl (C=O) groups is 2. The van der Waals surface area contributed by atoms with E-state index >= 15 is 0 Å². The molecule has 2 amide bonds. The van der Waals surface area contributed by atoms with Gasteiger partial charge in [0.2, 0.25) is 5.91 Å². The van der Waals surface area contributed by atoms with Gasteiger partial charge in [-0.3, -0.25) is 9.59 Å². The minimum Gasteiger partial charge on any atom is -0.352 e. The molecule has 9 heteroatoms. The Labute approximate surface area is 111 Å². The maximum Gasteiger partial charge on any atom is 0.265 e. The Morgan fingerprint density at radius 3 is 2.55 bits per heavy atom. The maximum atomic E-state index is 11.7. The summed E-state index contributed by atoms with van der Waals surface area (Å²) in [7, 11) is 0. The summed E-state index contributed by atoms with van der Waals surface area (Å²) in [5, 5.41) is 6.60. The lowest BCUT2D eigenvalue weighted by Gasteiger charge is -1.98. The zero-order chi connectivity index (χ0) is 14.5. The van der Waals surface area contributed by atoms with Crippen molar-refractivity contribution in [2.24, 2.45) is 10.2 Å². The predicted molar refractivity (Wildman–Crippen MR) is 69.6 cm³/mol. The van der Waals surface area contributed by atoms with E-state index in [0.29, 0.717) is 16.5 Å². The van der Waals surface area contributed by atoms with E-state index in [4.69, 9.17) is 11.1 Å². The molecule has 0 saturated heterocycles. The summed E-state index contributed by atoms with van der Waals surface area (Å²) in [5.41, 5.74) is 17.5. The molecule has 0 atom stereocenters. The Morgan fingerprint density at radius 1 is 1.15 bits per heavy atom. The third-order valence-corrected chi connectivity index (χ3v) is 2.65. The molecule has 1 aromatic heterocycles. The highest BCUT2D eigenvalue weighted by molar-refractivity contribution is 6.03. The van der Waals surface area contributed by atoms with Crippen LogP contribution in [0.4, 0.5) is 0 Å². The average molecular weight is 269 g/mol. The van der Waals surface area contributed by atoms with Crippen molar-refractivity contribution >= 4 is 22.7 Å². The molecule has 0 saturated carbocycles. The van der Waals surface area contributed by atoms with Crippen LogP contribution in [0.2, 0.25) is 0 Å². The number of rotatable bonds is 3. The number of amides is 2. The lowest BCUT2D eigenvalue weighted by Crippen LogP contribution is -2.04. The lowest BCUT2D eigenvalue weighted by molar-refractivity contribution is -0.117. The minimum absolute atomic E-state index is 0.0190. The van der Waals surface area contributed by atoms with E-state index in [1.807, 2.05) is 0 Å². The van der Waals surface area contributed by atoms with E-state index in [1.54, 1.807) is 24.3 Å². The first-order valence-electron chi connectivity index (χ1n) is 5.44. The lowest BCUT2D eigenvalue weighted by atomic mass is 10.1. The fraction of sp³-hybridized carbons (Fsp3) is 0.0909. The largest absolute Gasteiger partial charge is 0.352 e. The molecule has 2 aromatic rings. The van der Waals surface area contributed by atoms with Gasteiger partial charge in [0.25, 0.3) is 5.91 Å². The first-order chi connectivity index (χ1) is 9.67. The van der Waals surface area contributed by atoms with Gasteiger partial charge in [0.1, 0.15) is 0 Å². The zero-order valence-corrected chi connectivity index (χ0v) is 10.0. The van der Waals surface area contributed by atoms with Crippen LogP contribution in [0.5, 0.6) is 0 Å². The van der Waals surface area contributed by atoms with Crippen LogP contribution in [0.3, 0.4) is 0 Å². The number of aromatic nitrogens is 1. The Morgan fingerprint density at radius 2 is 1.85 bits per heavy atom. The number of carbonyl (C=O) groups excluding carboxylic acids is 2. The molecule has 20 heavy (non-hydrogen) atoms. The van der Waals surface area contributed by atoms with Crippen molar-refractivity contribution in [2.75, 3.05) is 0 Å². The number of aromatic amines is 1. The van der Waals surface area contributed by atoms with Gasteiger partial charge in [0, 0.05) is 27.1 Å². The number of nitrogens with zero attached hydrogens (tertiary/aromatic N) is 6. The van der Waals surface area contributed by atoms with Gasteiger partial charge in [-0.15, -0.1) is 0 Å². The number of fused-ring (bicyclic) bond motifs is 1. The fourth-order valence-corrected chi connectivity index (χ4v) is 1.89. The van der Waals surface area contributed by atoms with Crippen molar-refractivity contribution in [2.45, 2.75) is 6.42 Å². The van der Waals surface area contributed by atoms with Crippen LogP contribution >= 0.6 is 0 Å². The first-order valence-corrected chi connectivity index (χ1v) is 5.44. The highest BCUT2D eigenvalue weighted by Crippen LogP contribution is 2.24. The number of nitrogens with one attached hydrogen (secondary N) is 1. The van der Waals surface area contributed by atoms with Gasteiger partial charge in [-0.25, -0.2) is 0 Å². The molecule has 9 nitrogen and oxygen atoms in total. The molecule has 1 N–H and O–H groups in total. The summed E-state index contributed by atoms with van der Waals surface area (Å²) in [4.78, 5) is 30.8. The van der Waals surface area contributed by atoms with Crippen molar-refractivity contribution in [3.63, 3.8) is 0 Å². The Hall–Kier alpha value is -3.28. The number of para-hydroxylation sites is 1. The zero-order valence-electron chi connectivity index (χ0n) is 10.0. The molecule has 0 bridgehead atoms. The van der Waals surface area contributed by atoms with Crippen molar-refractivity contribution in [3.8, 4) is 0 Å². The summed E-state index contributed by atoms with van der Waals surface area (Å²) in [6.45, 7) is 0. The molecule has 1 heterocycles.